The van der Waals surface area contributed by atoms with Crippen LogP contribution in [-0.2, 0) is 6.54 Å². The predicted molar refractivity (Wildman–Crippen MR) is 98.9 cm³/mol. The van der Waals surface area contributed by atoms with Gasteiger partial charge in [0.05, 0.1) is 6.54 Å². The number of hydrogen-bond donors (Lipinski definition) is 2. The highest BCUT2D eigenvalue weighted by Gasteiger charge is 2.16. The second kappa shape index (κ2) is 7.49. The lowest BCUT2D eigenvalue weighted by Crippen LogP contribution is -2.39. The summed E-state index contributed by atoms with van der Waals surface area (Å²) in [5.41, 5.74) is -1.11. The molecule has 0 saturated heterocycles. The van der Waals surface area contributed by atoms with Crippen LogP contribution in [0.1, 0.15) is 15.9 Å². The molecule has 0 aliphatic heterocycles. The average molecular weight is 418 g/mol. The van der Waals surface area contributed by atoms with E-state index in [4.69, 9.17) is 0 Å². The van der Waals surface area contributed by atoms with Gasteiger partial charge in [0, 0.05) is 21.9 Å². The maximum atomic E-state index is 13.8. The molecule has 6 nitrogen and oxygen atoms in total. The number of benzene rings is 2. The molecule has 1 aromatic heterocycles. The number of anilines is 1. The summed E-state index contributed by atoms with van der Waals surface area (Å²) in [4.78, 5) is 39.2. The third-order valence-corrected chi connectivity index (χ3v) is 4.22. The lowest BCUT2D eigenvalue weighted by atomic mass is 10.2. The number of carbonyl (C=O) groups excluding carboxylic acids is 1. The average Bonchev–Trinajstić information content (AvgIpc) is 2.62. The molecule has 26 heavy (non-hydrogen) atoms. The van der Waals surface area contributed by atoms with Crippen molar-refractivity contribution in [3.63, 3.8) is 0 Å². The van der Waals surface area contributed by atoms with E-state index < -0.39 is 23.0 Å². The quantitative estimate of drug-likeness (QED) is 0.684. The minimum absolute atomic E-state index is 0.172. The molecule has 3 aromatic rings. The predicted octanol–water partition coefficient (Wildman–Crippen LogP) is 2.74. The first kappa shape index (κ1) is 17.8. The van der Waals surface area contributed by atoms with Crippen LogP contribution in [0.4, 0.5) is 10.1 Å². The minimum Gasteiger partial charge on any atom is -0.322 e. The van der Waals surface area contributed by atoms with Crippen LogP contribution < -0.4 is 16.6 Å². The molecule has 132 valence electrons. The van der Waals surface area contributed by atoms with Crippen molar-refractivity contribution in [1.82, 2.24) is 9.55 Å². The summed E-state index contributed by atoms with van der Waals surface area (Å²) in [6.45, 7) is -0.278. The molecule has 1 amide bonds. The van der Waals surface area contributed by atoms with Gasteiger partial charge in [-0.25, -0.2) is 9.18 Å². The van der Waals surface area contributed by atoms with Crippen LogP contribution >= 0.6 is 15.9 Å². The third kappa shape index (κ3) is 3.80. The zero-order valence-corrected chi connectivity index (χ0v) is 14.9. The summed E-state index contributed by atoms with van der Waals surface area (Å²) in [6.07, 6.45) is 1.05. The van der Waals surface area contributed by atoms with Crippen LogP contribution in [0, 0.1) is 5.82 Å². The van der Waals surface area contributed by atoms with Crippen LogP contribution in [0.15, 0.2) is 68.8 Å². The van der Waals surface area contributed by atoms with Crippen LogP contribution in [0.5, 0.6) is 0 Å². The zero-order valence-electron chi connectivity index (χ0n) is 13.3. The minimum atomic E-state index is -0.799. The van der Waals surface area contributed by atoms with E-state index in [0.29, 0.717) is 5.69 Å². The number of halogens is 2. The van der Waals surface area contributed by atoms with Crippen LogP contribution in [0.2, 0.25) is 0 Å². The zero-order chi connectivity index (χ0) is 18.7. The topological polar surface area (TPSA) is 84.0 Å². The summed E-state index contributed by atoms with van der Waals surface area (Å²) < 4.78 is 15.4. The molecule has 0 atom stereocenters. The second-order valence-electron chi connectivity index (χ2n) is 5.45. The van der Waals surface area contributed by atoms with Crippen molar-refractivity contribution in [3.05, 3.63) is 97.0 Å². The molecular formula is C18H13BrFN3O3. The highest BCUT2D eigenvalue weighted by atomic mass is 79.9. The van der Waals surface area contributed by atoms with Gasteiger partial charge in [-0.15, -0.1) is 0 Å². The van der Waals surface area contributed by atoms with Crippen LogP contribution in [0.25, 0.3) is 0 Å². The Hall–Kier alpha value is -3.00. The fraction of sp³-hybridized carbons (Fsp3) is 0.0556. The Morgan fingerprint density at radius 2 is 1.81 bits per heavy atom. The van der Waals surface area contributed by atoms with Crippen molar-refractivity contribution in [2.45, 2.75) is 6.54 Å². The van der Waals surface area contributed by atoms with Gasteiger partial charge in [0.1, 0.15) is 11.4 Å². The molecule has 2 aromatic carbocycles. The number of aromatic nitrogens is 2. The lowest BCUT2D eigenvalue weighted by Gasteiger charge is -2.09. The Bertz CT molecular complexity index is 1070. The molecule has 0 fully saturated rings. The van der Waals surface area contributed by atoms with E-state index in [1.165, 1.54) is 18.2 Å². The molecule has 0 unspecified atom stereocenters. The van der Waals surface area contributed by atoms with Gasteiger partial charge in [-0.3, -0.25) is 14.2 Å². The maximum absolute atomic E-state index is 13.8. The standard InChI is InChI=1S/C18H13BrFN3O3/c19-12-5-7-13(8-6-12)22-16(24)14-9-21-18(26)23(17(14)25)10-11-3-1-2-4-15(11)20/h1-9H,10H2,(H,21,26)(H,22,24). The number of hydrogen-bond acceptors (Lipinski definition) is 3. The summed E-state index contributed by atoms with van der Waals surface area (Å²) in [6, 6.07) is 12.6. The highest BCUT2D eigenvalue weighted by Crippen LogP contribution is 2.14. The van der Waals surface area contributed by atoms with Crippen molar-refractivity contribution in [3.8, 4) is 0 Å². The first-order chi connectivity index (χ1) is 12.5. The van der Waals surface area contributed by atoms with Gasteiger partial charge in [0.15, 0.2) is 0 Å². The van der Waals surface area contributed by atoms with Gasteiger partial charge in [-0.2, -0.15) is 0 Å². The molecule has 0 aliphatic rings. The Kier molecular flexibility index (Phi) is 5.13. The van der Waals surface area contributed by atoms with E-state index >= 15 is 0 Å². The number of amides is 1. The molecule has 0 spiro atoms. The van der Waals surface area contributed by atoms with Gasteiger partial charge in [-0.05, 0) is 30.3 Å². The number of rotatable bonds is 4. The Labute approximate surface area is 155 Å². The Morgan fingerprint density at radius 3 is 2.50 bits per heavy atom. The highest BCUT2D eigenvalue weighted by molar-refractivity contribution is 9.10. The summed E-state index contributed by atoms with van der Waals surface area (Å²) >= 11 is 3.29. The number of carbonyl (C=O) groups is 1. The van der Waals surface area contributed by atoms with Crippen molar-refractivity contribution in [1.29, 1.82) is 0 Å². The van der Waals surface area contributed by atoms with Crippen LogP contribution in [0.3, 0.4) is 0 Å². The second-order valence-corrected chi connectivity index (χ2v) is 6.37. The maximum Gasteiger partial charge on any atom is 0.328 e. The molecular weight excluding hydrogens is 405 g/mol. The van der Waals surface area contributed by atoms with E-state index in [1.807, 2.05) is 0 Å². The molecule has 1 heterocycles. The van der Waals surface area contributed by atoms with Crippen molar-refractivity contribution in [2.75, 3.05) is 5.32 Å². The third-order valence-electron chi connectivity index (χ3n) is 3.69. The number of H-pyrrole nitrogens is 1. The van der Waals surface area contributed by atoms with E-state index in [9.17, 15) is 18.8 Å². The van der Waals surface area contributed by atoms with Gasteiger partial charge in [-0.1, -0.05) is 34.1 Å². The summed E-state index contributed by atoms with van der Waals surface area (Å²) in [7, 11) is 0. The fourth-order valence-electron chi connectivity index (χ4n) is 2.35. The molecule has 3 rings (SSSR count). The van der Waals surface area contributed by atoms with Crippen molar-refractivity contribution in [2.24, 2.45) is 0 Å². The monoisotopic (exact) mass is 417 g/mol. The molecule has 2 N–H and O–H groups in total. The van der Waals surface area contributed by atoms with Gasteiger partial charge < -0.3 is 10.3 Å². The molecule has 0 aliphatic carbocycles. The normalized spacial score (nSPS) is 10.5. The SMILES string of the molecule is O=C(Nc1ccc(Br)cc1)c1c[nH]c(=O)n(Cc2ccccc2F)c1=O. The number of nitrogens with one attached hydrogen (secondary N) is 2. The van der Waals surface area contributed by atoms with Gasteiger partial charge >= 0.3 is 5.69 Å². The Morgan fingerprint density at radius 1 is 1.12 bits per heavy atom. The van der Waals surface area contributed by atoms with Crippen LogP contribution in [-0.4, -0.2) is 15.5 Å². The summed E-state index contributed by atoms with van der Waals surface area (Å²) in [5, 5.41) is 2.58. The van der Waals surface area contributed by atoms with Crippen molar-refractivity contribution < 1.29 is 9.18 Å². The van der Waals surface area contributed by atoms with E-state index in [1.54, 1.807) is 30.3 Å². The lowest BCUT2D eigenvalue weighted by molar-refractivity contribution is 0.102. The summed E-state index contributed by atoms with van der Waals surface area (Å²) in [5.74, 6) is -1.21. The van der Waals surface area contributed by atoms with Gasteiger partial charge in [0.25, 0.3) is 11.5 Å². The molecule has 0 radical (unpaired) electrons. The largest absolute Gasteiger partial charge is 0.328 e. The van der Waals surface area contributed by atoms with Crippen molar-refractivity contribution >= 4 is 27.5 Å². The first-order valence-electron chi connectivity index (χ1n) is 7.58. The molecule has 0 bridgehead atoms. The van der Waals surface area contributed by atoms with Gasteiger partial charge in [0.2, 0.25) is 0 Å². The van der Waals surface area contributed by atoms with E-state index in [0.717, 1.165) is 15.2 Å². The smallest absolute Gasteiger partial charge is 0.322 e. The van der Waals surface area contributed by atoms with E-state index in [-0.39, 0.29) is 17.7 Å². The first-order valence-corrected chi connectivity index (χ1v) is 8.38. The fourth-order valence-corrected chi connectivity index (χ4v) is 2.61. The Balaban J connectivity index is 1.93. The number of aromatic amines is 1. The van der Waals surface area contributed by atoms with E-state index in [2.05, 4.69) is 26.2 Å². The number of nitrogens with zero attached hydrogens (tertiary/aromatic N) is 1. The molecule has 0 saturated carbocycles. The molecule has 8 heteroatoms.